The zero-order valence-electron chi connectivity index (χ0n) is 9.89. The highest BCUT2D eigenvalue weighted by atomic mass is 16.5. The van der Waals surface area contributed by atoms with Crippen LogP contribution in [-0.4, -0.2) is 34.2 Å². The minimum atomic E-state index is -1.02. The number of carboxylic acids is 1. The van der Waals surface area contributed by atoms with E-state index in [1.54, 1.807) is 36.5 Å². The van der Waals surface area contributed by atoms with E-state index in [0.717, 1.165) is 0 Å². The van der Waals surface area contributed by atoms with Crippen LogP contribution < -0.4 is 5.32 Å². The molecule has 0 aromatic carbocycles. The van der Waals surface area contributed by atoms with E-state index in [2.05, 4.69) is 10.3 Å². The van der Waals surface area contributed by atoms with Gasteiger partial charge in [0.15, 0.2) is 0 Å². The lowest BCUT2D eigenvalue weighted by molar-refractivity contribution is -0.145. The highest BCUT2D eigenvalue weighted by Crippen LogP contribution is 2.39. The Bertz CT molecular complexity index is 543. The van der Waals surface area contributed by atoms with Gasteiger partial charge >= 0.3 is 5.97 Å². The number of nitrogens with one attached hydrogen (secondary N) is 1. The average Bonchev–Trinajstić information content (AvgIpc) is 2.99. The molecule has 19 heavy (non-hydrogen) atoms. The van der Waals surface area contributed by atoms with Crippen molar-refractivity contribution in [3.63, 3.8) is 0 Å². The van der Waals surface area contributed by atoms with E-state index in [1.165, 1.54) is 0 Å². The van der Waals surface area contributed by atoms with Crippen LogP contribution in [0.1, 0.15) is 0 Å². The van der Waals surface area contributed by atoms with Gasteiger partial charge in [0, 0.05) is 6.20 Å². The van der Waals surface area contributed by atoms with Gasteiger partial charge in [-0.05, 0) is 12.1 Å². The third-order valence-electron chi connectivity index (χ3n) is 3.40. The zero-order chi connectivity index (χ0) is 13.4. The predicted molar refractivity (Wildman–Crippen MR) is 65.3 cm³/mol. The van der Waals surface area contributed by atoms with Crippen molar-refractivity contribution in [3.05, 3.63) is 36.5 Å². The minimum Gasteiger partial charge on any atom is -0.481 e. The van der Waals surface area contributed by atoms with Crippen molar-refractivity contribution in [2.45, 2.75) is 12.2 Å². The van der Waals surface area contributed by atoms with Gasteiger partial charge in [0.1, 0.15) is 11.7 Å². The number of carbonyl (C=O) groups is 2. The number of aromatic nitrogens is 1. The van der Waals surface area contributed by atoms with Crippen LogP contribution >= 0.6 is 0 Å². The van der Waals surface area contributed by atoms with Crippen LogP contribution in [0.4, 0.5) is 5.82 Å². The normalized spacial score (nSPS) is 31.4. The zero-order valence-corrected chi connectivity index (χ0v) is 9.89. The molecule has 2 aliphatic heterocycles. The standard InChI is InChI=1S/C13H12N2O4/c16-12(15-9-3-1-2-6-14-9)10-7-4-5-8(19-7)11(10)13(17)18/h1-8,10-11H,(H,17,18)(H,14,15,16)/t7-,8-,10-,11-/m0/s1. The van der Waals surface area contributed by atoms with E-state index in [0.29, 0.717) is 5.82 Å². The van der Waals surface area contributed by atoms with Gasteiger partial charge in [0.2, 0.25) is 5.91 Å². The summed E-state index contributed by atoms with van der Waals surface area (Å²) in [6.45, 7) is 0. The van der Waals surface area contributed by atoms with Crippen molar-refractivity contribution in [3.8, 4) is 0 Å². The van der Waals surface area contributed by atoms with E-state index >= 15 is 0 Å². The number of amides is 1. The van der Waals surface area contributed by atoms with Gasteiger partial charge in [-0.3, -0.25) is 9.59 Å². The molecular weight excluding hydrogens is 248 g/mol. The molecule has 1 amide bonds. The second-order valence-electron chi connectivity index (χ2n) is 4.54. The molecule has 2 bridgehead atoms. The molecule has 1 saturated heterocycles. The first-order valence-corrected chi connectivity index (χ1v) is 5.95. The lowest BCUT2D eigenvalue weighted by Gasteiger charge is -2.20. The first-order valence-electron chi connectivity index (χ1n) is 5.95. The maximum absolute atomic E-state index is 12.2. The Labute approximate surface area is 109 Å². The average molecular weight is 260 g/mol. The third-order valence-corrected chi connectivity index (χ3v) is 3.40. The van der Waals surface area contributed by atoms with Crippen LogP contribution in [0.25, 0.3) is 0 Å². The van der Waals surface area contributed by atoms with Crippen LogP contribution in [-0.2, 0) is 14.3 Å². The highest BCUT2D eigenvalue weighted by molar-refractivity contribution is 5.96. The fourth-order valence-corrected chi connectivity index (χ4v) is 2.56. The summed E-state index contributed by atoms with van der Waals surface area (Å²) in [5.74, 6) is -2.53. The van der Waals surface area contributed by atoms with Crippen LogP contribution in [0.15, 0.2) is 36.5 Å². The predicted octanol–water partition coefficient (Wildman–Crippen LogP) is 0.674. The van der Waals surface area contributed by atoms with Crippen molar-refractivity contribution in [1.29, 1.82) is 0 Å². The smallest absolute Gasteiger partial charge is 0.310 e. The topological polar surface area (TPSA) is 88.5 Å². The maximum atomic E-state index is 12.2. The molecular formula is C13H12N2O4. The van der Waals surface area contributed by atoms with Crippen molar-refractivity contribution >= 4 is 17.7 Å². The number of pyridine rings is 1. The fourth-order valence-electron chi connectivity index (χ4n) is 2.56. The summed E-state index contributed by atoms with van der Waals surface area (Å²) in [6, 6.07) is 5.13. The quantitative estimate of drug-likeness (QED) is 0.780. The van der Waals surface area contributed by atoms with Crippen LogP contribution in [0.2, 0.25) is 0 Å². The molecule has 1 fully saturated rings. The fraction of sp³-hybridized carbons (Fsp3) is 0.308. The summed E-state index contributed by atoms with van der Waals surface area (Å²) in [5.41, 5.74) is 0. The molecule has 1 aromatic rings. The molecule has 0 spiro atoms. The number of hydrogen-bond donors (Lipinski definition) is 2. The van der Waals surface area contributed by atoms with Crippen LogP contribution in [0, 0.1) is 11.8 Å². The largest absolute Gasteiger partial charge is 0.481 e. The number of ether oxygens (including phenoxy) is 1. The number of hydrogen-bond acceptors (Lipinski definition) is 4. The van der Waals surface area contributed by atoms with Gasteiger partial charge in [-0.1, -0.05) is 18.2 Å². The van der Waals surface area contributed by atoms with E-state index in [-0.39, 0.29) is 5.91 Å². The summed E-state index contributed by atoms with van der Waals surface area (Å²) in [6.07, 6.45) is 4.03. The van der Waals surface area contributed by atoms with E-state index in [1.807, 2.05) is 0 Å². The number of fused-ring (bicyclic) bond motifs is 2. The summed E-state index contributed by atoms with van der Waals surface area (Å²) < 4.78 is 5.44. The first kappa shape index (κ1) is 11.9. The molecule has 98 valence electrons. The summed E-state index contributed by atoms with van der Waals surface area (Å²) in [4.78, 5) is 27.4. The molecule has 0 unspecified atom stereocenters. The highest BCUT2D eigenvalue weighted by Gasteiger charge is 2.53. The van der Waals surface area contributed by atoms with E-state index < -0.39 is 30.0 Å². The number of anilines is 1. The number of carboxylic acid groups (broad SMARTS) is 1. The van der Waals surface area contributed by atoms with Gasteiger partial charge in [-0.15, -0.1) is 0 Å². The van der Waals surface area contributed by atoms with Gasteiger partial charge < -0.3 is 15.2 Å². The minimum absolute atomic E-state index is 0.372. The molecule has 3 rings (SSSR count). The summed E-state index contributed by atoms with van der Waals surface area (Å²) in [7, 11) is 0. The Kier molecular flexibility index (Phi) is 2.79. The second-order valence-corrected chi connectivity index (χ2v) is 4.54. The molecule has 6 nitrogen and oxygen atoms in total. The van der Waals surface area contributed by atoms with E-state index in [4.69, 9.17) is 4.74 Å². The Morgan fingerprint density at radius 1 is 1.21 bits per heavy atom. The molecule has 1 aromatic heterocycles. The molecule has 0 aliphatic carbocycles. The number of carbonyl (C=O) groups excluding carboxylic acids is 1. The molecule has 2 aliphatic rings. The molecule has 4 atom stereocenters. The van der Waals surface area contributed by atoms with Gasteiger partial charge in [0.05, 0.1) is 18.1 Å². The van der Waals surface area contributed by atoms with Crippen LogP contribution in [0.5, 0.6) is 0 Å². The Morgan fingerprint density at radius 2 is 1.95 bits per heavy atom. The van der Waals surface area contributed by atoms with E-state index in [9.17, 15) is 14.7 Å². The second kappa shape index (κ2) is 4.47. The van der Waals surface area contributed by atoms with Crippen LogP contribution in [0.3, 0.4) is 0 Å². The summed E-state index contributed by atoms with van der Waals surface area (Å²) >= 11 is 0. The lowest BCUT2D eigenvalue weighted by atomic mass is 9.82. The molecule has 6 heteroatoms. The Morgan fingerprint density at radius 3 is 2.58 bits per heavy atom. The molecule has 0 radical (unpaired) electrons. The summed E-state index contributed by atoms with van der Waals surface area (Å²) in [5, 5.41) is 11.8. The number of nitrogens with zero attached hydrogens (tertiary/aromatic N) is 1. The maximum Gasteiger partial charge on any atom is 0.310 e. The molecule has 0 saturated carbocycles. The molecule has 2 N–H and O–H groups in total. The number of aliphatic carboxylic acids is 1. The van der Waals surface area contributed by atoms with Gasteiger partial charge in [0.25, 0.3) is 0 Å². The van der Waals surface area contributed by atoms with Crippen molar-refractivity contribution in [1.82, 2.24) is 4.98 Å². The van der Waals surface area contributed by atoms with Crippen molar-refractivity contribution in [2.75, 3.05) is 5.32 Å². The van der Waals surface area contributed by atoms with Crippen molar-refractivity contribution < 1.29 is 19.4 Å². The lowest BCUT2D eigenvalue weighted by Crippen LogP contribution is -2.39. The van der Waals surface area contributed by atoms with Gasteiger partial charge in [-0.2, -0.15) is 0 Å². The Hall–Kier alpha value is -2.21. The Balaban J connectivity index is 1.79. The SMILES string of the molecule is O=C(O)[C@@H]1[C@@H](C(=O)Nc2ccccn2)[C@@H]2C=C[C@@H]1O2. The molecule has 3 heterocycles. The van der Waals surface area contributed by atoms with Crippen molar-refractivity contribution in [2.24, 2.45) is 11.8 Å². The van der Waals surface area contributed by atoms with Gasteiger partial charge in [-0.25, -0.2) is 4.98 Å². The first-order chi connectivity index (χ1) is 9.16. The monoisotopic (exact) mass is 260 g/mol. The number of rotatable bonds is 3. The third kappa shape index (κ3) is 2.00.